The molecule has 0 saturated heterocycles. The standard InChI is InChI=1S/C12H14N2S/c13-14(10-12-7-4-8-15-12)9-11-5-2-1-3-6-11/h1-8H,9-10,13H2. The van der Waals surface area contributed by atoms with Crippen molar-refractivity contribution in [1.29, 1.82) is 0 Å². The van der Waals surface area contributed by atoms with Gasteiger partial charge in [-0.2, -0.15) is 0 Å². The van der Waals surface area contributed by atoms with Gasteiger partial charge in [-0.1, -0.05) is 36.4 Å². The number of thiophene rings is 1. The summed E-state index contributed by atoms with van der Waals surface area (Å²) in [6.45, 7) is 1.60. The van der Waals surface area contributed by atoms with E-state index in [4.69, 9.17) is 5.84 Å². The van der Waals surface area contributed by atoms with Gasteiger partial charge in [-0.25, -0.2) is 5.01 Å². The van der Waals surface area contributed by atoms with E-state index in [-0.39, 0.29) is 0 Å². The third kappa shape index (κ3) is 3.16. The lowest BCUT2D eigenvalue weighted by Gasteiger charge is -2.15. The normalized spacial score (nSPS) is 10.8. The zero-order chi connectivity index (χ0) is 10.5. The summed E-state index contributed by atoms with van der Waals surface area (Å²) in [5.74, 6) is 5.94. The van der Waals surface area contributed by atoms with E-state index in [1.54, 1.807) is 11.3 Å². The Morgan fingerprint density at radius 2 is 1.80 bits per heavy atom. The van der Waals surface area contributed by atoms with Gasteiger partial charge in [-0.3, -0.25) is 5.84 Å². The highest BCUT2D eigenvalue weighted by molar-refractivity contribution is 7.09. The molecule has 3 heteroatoms. The molecule has 0 aliphatic rings. The molecule has 2 nitrogen and oxygen atoms in total. The molecule has 2 N–H and O–H groups in total. The summed E-state index contributed by atoms with van der Waals surface area (Å²) in [6, 6.07) is 14.4. The van der Waals surface area contributed by atoms with Crippen LogP contribution in [0.25, 0.3) is 0 Å². The van der Waals surface area contributed by atoms with Crippen molar-refractivity contribution in [3.63, 3.8) is 0 Å². The molecule has 0 aliphatic carbocycles. The van der Waals surface area contributed by atoms with E-state index in [1.165, 1.54) is 10.4 Å². The fourth-order valence-electron chi connectivity index (χ4n) is 1.48. The minimum atomic E-state index is 0.790. The highest BCUT2D eigenvalue weighted by Gasteiger charge is 2.02. The SMILES string of the molecule is NN(Cc1ccccc1)Cc1cccs1. The molecule has 0 radical (unpaired) electrons. The minimum Gasteiger partial charge on any atom is -0.268 e. The second-order valence-electron chi connectivity index (χ2n) is 3.47. The minimum absolute atomic E-state index is 0.790. The van der Waals surface area contributed by atoms with E-state index in [0.717, 1.165) is 13.1 Å². The van der Waals surface area contributed by atoms with Crippen LogP contribution in [0.3, 0.4) is 0 Å². The van der Waals surface area contributed by atoms with Gasteiger partial charge in [-0.15, -0.1) is 11.3 Å². The van der Waals surface area contributed by atoms with Crippen LogP contribution >= 0.6 is 11.3 Å². The molecule has 0 bridgehead atoms. The summed E-state index contributed by atoms with van der Waals surface area (Å²) in [5.41, 5.74) is 1.25. The van der Waals surface area contributed by atoms with Crippen molar-refractivity contribution in [3.8, 4) is 0 Å². The lowest BCUT2D eigenvalue weighted by atomic mass is 10.2. The van der Waals surface area contributed by atoms with Crippen LogP contribution in [0.1, 0.15) is 10.4 Å². The van der Waals surface area contributed by atoms with Gasteiger partial charge in [0, 0.05) is 18.0 Å². The Labute approximate surface area is 93.9 Å². The van der Waals surface area contributed by atoms with Gasteiger partial charge in [0.2, 0.25) is 0 Å². The number of nitrogens with two attached hydrogens (primary N) is 1. The van der Waals surface area contributed by atoms with Crippen LogP contribution in [0.5, 0.6) is 0 Å². The van der Waals surface area contributed by atoms with E-state index >= 15 is 0 Å². The molecular weight excluding hydrogens is 204 g/mol. The van der Waals surface area contributed by atoms with Crippen molar-refractivity contribution in [3.05, 3.63) is 58.3 Å². The number of hydrazine groups is 1. The smallest absolute Gasteiger partial charge is 0.0477 e. The largest absolute Gasteiger partial charge is 0.268 e. The van der Waals surface area contributed by atoms with Gasteiger partial charge in [0.05, 0.1) is 0 Å². The van der Waals surface area contributed by atoms with Crippen molar-refractivity contribution in [1.82, 2.24) is 5.01 Å². The molecule has 1 aromatic heterocycles. The maximum Gasteiger partial charge on any atom is 0.0477 e. The number of nitrogens with zero attached hydrogens (tertiary/aromatic N) is 1. The third-order valence-electron chi connectivity index (χ3n) is 2.17. The fourth-order valence-corrected chi connectivity index (χ4v) is 2.21. The van der Waals surface area contributed by atoms with Crippen LogP contribution in [0, 0.1) is 0 Å². The Bertz CT molecular complexity index is 383. The second-order valence-corrected chi connectivity index (χ2v) is 4.50. The van der Waals surface area contributed by atoms with Crippen LogP contribution in [-0.2, 0) is 13.1 Å². The van der Waals surface area contributed by atoms with Gasteiger partial charge in [0.15, 0.2) is 0 Å². The van der Waals surface area contributed by atoms with Gasteiger partial charge >= 0.3 is 0 Å². The fraction of sp³-hybridized carbons (Fsp3) is 0.167. The van der Waals surface area contributed by atoms with E-state index < -0.39 is 0 Å². The van der Waals surface area contributed by atoms with E-state index in [9.17, 15) is 0 Å². The molecule has 1 heterocycles. The average Bonchev–Trinajstić information content (AvgIpc) is 2.71. The van der Waals surface area contributed by atoms with Gasteiger partial charge in [0.1, 0.15) is 0 Å². The first-order valence-electron chi connectivity index (χ1n) is 4.90. The van der Waals surface area contributed by atoms with Crippen LogP contribution in [0.15, 0.2) is 47.8 Å². The van der Waals surface area contributed by atoms with Crippen LogP contribution in [-0.4, -0.2) is 5.01 Å². The molecule has 2 aromatic rings. The number of hydrogen-bond acceptors (Lipinski definition) is 3. The van der Waals surface area contributed by atoms with Crippen molar-refractivity contribution in [2.75, 3.05) is 0 Å². The summed E-state index contributed by atoms with van der Waals surface area (Å²) in [4.78, 5) is 1.30. The first-order valence-corrected chi connectivity index (χ1v) is 5.78. The summed E-state index contributed by atoms with van der Waals surface area (Å²) < 4.78 is 0. The van der Waals surface area contributed by atoms with Crippen molar-refractivity contribution in [2.24, 2.45) is 5.84 Å². The van der Waals surface area contributed by atoms with Crippen molar-refractivity contribution >= 4 is 11.3 Å². The van der Waals surface area contributed by atoms with Gasteiger partial charge in [-0.05, 0) is 17.0 Å². The van der Waals surface area contributed by atoms with E-state index in [2.05, 4.69) is 29.6 Å². The molecule has 15 heavy (non-hydrogen) atoms. The zero-order valence-electron chi connectivity index (χ0n) is 8.47. The number of hydrogen-bond donors (Lipinski definition) is 1. The summed E-state index contributed by atoms with van der Waals surface area (Å²) in [5, 5.41) is 3.91. The Morgan fingerprint density at radius 3 is 2.47 bits per heavy atom. The predicted molar refractivity (Wildman–Crippen MR) is 64.2 cm³/mol. The predicted octanol–water partition coefficient (Wildman–Crippen LogP) is 2.62. The Morgan fingerprint density at radius 1 is 1.00 bits per heavy atom. The number of rotatable bonds is 4. The van der Waals surface area contributed by atoms with Crippen molar-refractivity contribution < 1.29 is 0 Å². The highest BCUT2D eigenvalue weighted by Crippen LogP contribution is 2.11. The molecule has 0 saturated carbocycles. The number of benzene rings is 1. The molecule has 0 fully saturated rings. The molecular formula is C12H14N2S. The Hall–Kier alpha value is -1.16. The molecule has 0 amide bonds. The summed E-state index contributed by atoms with van der Waals surface area (Å²) in [6.07, 6.45) is 0. The highest BCUT2D eigenvalue weighted by atomic mass is 32.1. The molecule has 0 unspecified atom stereocenters. The van der Waals surface area contributed by atoms with Crippen LogP contribution in [0.4, 0.5) is 0 Å². The molecule has 0 aliphatic heterocycles. The zero-order valence-corrected chi connectivity index (χ0v) is 9.28. The Kier molecular flexibility index (Phi) is 3.50. The first kappa shape index (κ1) is 10.4. The average molecular weight is 218 g/mol. The van der Waals surface area contributed by atoms with Crippen molar-refractivity contribution in [2.45, 2.75) is 13.1 Å². The topological polar surface area (TPSA) is 29.3 Å². The molecule has 1 aromatic carbocycles. The van der Waals surface area contributed by atoms with Crippen LogP contribution < -0.4 is 5.84 Å². The monoisotopic (exact) mass is 218 g/mol. The first-order chi connectivity index (χ1) is 7.34. The molecule has 78 valence electrons. The maximum absolute atomic E-state index is 5.94. The lowest BCUT2D eigenvalue weighted by Crippen LogP contribution is -2.29. The third-order valence-corrected chi connectivity index (χ3v) is 3.03. The quantitative estimate of drug-likeness (QED) is 0.631. The van der Waals surface area contributed by atoms with E-state index in [0.29, 0.717) is 0 Å². The van der Waals surface area contributed by atoms with Crippen LogP contribution in [0.2, 0.25) is 0 Å². The van der Waals surface area contributed by atoms with E-state index in [1.807, 2.05) is 23.2 Å². The molecule has 0 atom stereocenters. The van der Waals surface area contributed by atoms with Gasteiger partial charge in [0.25, 0.3) is 0 Å². The summed E-state index contributed by atoms with van der Waals surface area (Å²) in [7, 11) is 0. The Balaban J connectivity index is 1.90. The maximum atomic E-state index is 5.94. The molecule has 0 spiro atoms. The lowest BCUT2D eigenvalue weighted by molar-refractivity contribution is 0.268. The molecule has 2 rings (SSSR count). The second kappa shape index (κ2) is 5.07. The van der Waals surface area contributed by atoms with Gasteiger partial charge < -0.3 is 0 Å². The summed E-state index contributed by atoms with van der Waals surface area (Å²) >= 11 is 1.74.